The number of aromatic nitrogens is 3. The summed E-state index contributed by atoms with van der Waals surface area (Å²) in [6.07, 6.45) is 4.68. The molecule has 136 valence electrons. The van der Waals surface area contributed by atoms with Crippen LogP contribution in [0.5, 0.6) is 0 Å². The van der Waals surface area contributed by atoms with Gasteiger partial charge in [0, 0.05) is 22.0 Å². The van der Waals surface area contributed by atoms with Crippen LogP contribution < -0.4 is 5.32 Å². The molecule has 0 saturated carbocycles. The van der Waals surface area contributed by atoms with E-state index in [1.807, 2.05) is 30.3 Å². The van der Waals surface area contributed by atoms with Crippen LogP contribution in [0.25, 0.3) is 5.70 Å². The maximum absolute atomic E-state index is 13.3. The molecule has 3 rings (SSSR count). The third-order valence-electron chi connectivity index (χ3n) is 3.56. The molecule has 0 amide bonds. The number of thioether (sulfide) groups is 1. The van der Waals surface area contributed by atoms with Crippen molar-refractivity contribution in [1.82, 2.24) is 14.8 Å². The average molecular weight is 397 g/mol. The van der Waals surface area contributed by atoms with E-state index in [1.54, 1.807) is 30.3 Å². The number of carbonyl (C=O) groups excluding carboxylic acids is 1. The van der Waals surface area contributed by atoms with Crippen LogP contribution >= 0.6 is 23.4 Å². The van der Waals surface area contributed by atoms with Gasteiger partial charge in [-0.05, 0) is 36.4 Å². The molecule has 0 atom stereocenters. The molecular weight excluding hydrogens is 380 g/mol. The highest BCUT2D eigenvalue weighted by Crippen LogP contribution is 2.28. The van der Waals surface area contributed by atoms with Crippen molar-refractivity contribution in [3.8, 4) is 0 Å². The lowest BCUT2D eigenvalue weighted by Crippen LogP contribution is -2.15. The van der Waals surface area contributed by atoms with E-state index in [2.05, 4.69) is 22.0 Å². The molecule has 5 nitrogen and oxygen atoms in total. The quantitative estimate of drug-likeness (QED) is 0.331. The molecule has 0 aliphatic carbocycles. The second-order valence-corrected chi connectivity index (χ2v) is 6.91. The molecule has 0 radical (unpaired) electrons. The Labute approximate surface area is 166 Å². The van der Waals surface area contributed by atoms with Gasteiger partial charge in [-0.25, -0.2) is 9.67 Å². The zero-order valence-corrected chi connectivity index (χ0v) is 16.0. The van der Waals surface area contributed by atoms with Crippen LogP contribution in [0, 0.1) is 0 Å². The van der Waals surface area contributed by atoms with Crippen molar-refractivity contribution >= 4 is 40.5 Å². The summed E-state index contributed by atoms with van der Waals surface area (Å²) < 4.78 is 1.47. The first-order valence-corrected chi connectivity index (χ1v) is 9.50. The molecule has 2 aromatic carbocycles. The highest BCUT2D eigenvalue weighted by Gasteiger charge is 2.21. The number of hydrogen-bond donors (Lipinski definition) is 1. The van der Waals surface area contributed by atoms with Crippen LogP contribution in [0.3, 0.4) is 0 Å². The summed E-state index contributed by atoms with van der Waals surface area (Å²) in [5, 5.41) is 8.73. The minimum absolute atomic E-state index is 0.188. The van der Waals surface area contributed by atoms with Gasteiger partial charge in [0.15, 0.2) is 0 Å². The number of carbonyl (C=O) groups is 1. The van der Waals surface area contributed by atoms with Crippen molar-refractivity contribution in [1.29, 1.82) is 0 Å². The van der Waals surface area contributed by atoms with Crippen molar-refractivity contribution in [3.05, 3.63) is 95.5 Å². The van der Waals surface area contributed by atoms with Crippen molar-refractivity contribution in [2.75, 3.05) is 11.1 Å². The van der Waals surface area contributed by atoms with Gasteiger partial charge < -0.3 is 5.32 Å². The fraction of sp³-hybridized carbons (Fsp3) is 0.0500. The maximum atomic E-state index is 13.3. The Bertz CT molecular complexity index is 938. The largest absolute Gasteiger partial charge is 0.348 e. The molecule has 0 unspecified atom stereocenters. The van der Waals surface area contributed by atoms with Gasteiger partial charge in [0.05, 0.1) is 0 Å². The number of hydrogen-bond acceptors (Lipinski definition) is 5. The summed E-state index contributed by atoms with van der Waals surface area (Å²) in [5.74, 6) is 0.438. The predicted octanol–water partition coefficient (Wildman–Crippen LogP) is 4.97. The van der Waals surface area contributed by atoms with Crippen LogP contribution in [0.15, 0.2) is 84.9 Å². The molecule has 1 N–H and O–H groups in total. The van der Waals surface area contributed by atoms with Crippen LogP contribution in [0.2, 0.25) is 5.02 Å². The second-order valence-electron chi connectivity index (χ2n) is 5.44. The third-order valence-corrected chi connectivity index (χ3v) is 4.80. The minimum Gasteiger partial charge on any atom is -0.348 e. The van der Waals surface area contributed by atoms with Gasteiger partial charge in [-0.1, -0.05) is 35.9 Å². The SMILES string of the molecule is C=CCS/C(Nc1ccccc1)=C(\C(=O)c1ccc(Cl)cc1)n1cncn1. The number of halogens is 1. The van der Waals surface area contributed by atoms with Crippen LogP contribution in [-0.4, -0.2) is 26.3 Å². The molecule has 0 spiro atoms. The van der Waals surface area contributed by atoms with Crippen LogP contribution in [0.1, 0.15) is 10.4 Å². The first-order valence-electron chi connectivity index (χ1n) is 8.14. The van der Waals surface area contributed by atoms with E-state index in [-0.39, 0.29) is 5.78 Å². The number of benzene rings is 2. The number of anilines is 1. The van der Waals surface area contributed by atoms with Gasteiger partial charge >= 0.3 is 0 Å². The first-order chi connectivity index (χ1) is 13.2. The summed E-state index contributed by atoms with van der Waals surface area (Å²) in [7, 11) is 0. The van der Waals surface area contributed by atoms with Gasteiger partial charge in [0.2, 0.25) is 5.78 Å². The van der Waals surface area contributed by atoms with Gasteiger partial charge in [-0.3, -0.25) is 4.79 Å². The number of nitrogens with one attached hydrogen (secondary N) is 1. The third kappa shape index (κ3) is 4.87. The molecular formula is C20H17ClN4OS. The fourth-order valence-electron chi connectivity index (χ4n) is 2.33. The smallest absolute Gasteiger partial charge is 0.214 e. The van der Waals surface area contributed by atoms with Gasteiger partial charge in [-0.15, -0.1) is 18.3 Å². The minimum atomic E-state index is -0.188. The highest BCUT2D eigenvalue weighted by molar-refractivity contribution is 8.03. The van der Waals surface area contributed by atoms with Gasteiger partial charge in [0.25, 0.3) is 0 Å². The van der Waals surface area contributed by atoms with E-state index in [0.29, 0.717) is 27.1 Å². The summed E-state index contributed by atoms with van der Waals surface area (Å²) >= 11 is 7.42. The maximum Gasteiger partial charge on any atom is 0.214 e. The summed E-state index contributed by atoms with van der Waals surface area (Å²) in [6, 6.07) is 16.4. The molecule has 27 heavy (non-hydrogen) atoms. The zero-order valence-electron chi connectivity index (χ0n) is 14.4. The molecule has 7 heteroatoms. The summed E-state index contributed by atoms with van der Waals surface area (Å²) in [5.41, 5.74) is 1.76. The Morgan fingerprint density at radius 2 is 1.93 bits per heavy atom. The van der Waals surface area contributed by atoms with E-state index in [1.165, 1.54) is 29.1 Å². The Kier molecular flexibility index (Phi) is 6.46. The number of rotatable bonds is 8. The van der Waals surface area contributed by atoms with Crippen molar-refractivity contribution in [2.24, 2.45) is 0 Å². The number of allylic oxidation sites excluding steroid dienone is 1. The molecule has 0 saturated heterocycles. The van der Waals surface area contributed by atoms with E-state index in [0.717, 1.165) is 5.69 Å². The standard InChI is InChI=1S/C20H17ClN4OS/c1-2-12-27-20(24-17-6-4-3-5-7-17)18(25-14-22-13-23-25)19(26)15-8-10-16(21)11-9-15/h2-11,13-14,24H,1,12H2/b20-18+. The molecule has 3 aromatic rings. The van der Waals surface area contributed by atoms with Crippen LogP contribution in [-0.2, 0) is 0 Å². The monoisotopic (exact) mass is 396 g/mol. The van der Waals surface area contributed by atoms with E-state index in [9.17, 15) is 4.79 Å². The Balaban J connectivity index is 2.09. The molecule has 0 bridgehead atoms. The van der Waals surface area contributed by atoms with Crippen molar-refractivity contribution < 1.29 is 4.79 Å². The predicted molar refractivity (Wildman–Crippen MR) is 112 cm³/mol. The molecule has 1 heterocycles. The summed E-state index contributed by atoms with van der Waals surface area (Å²) in [4.78, 5) is 17.3. The first kappa shape index (κ1) is 18.9. The number of Topliss-reactive ketones (excluding diaryl/α,β-unsaturated/α-hetero) is 1. The summed E-state index contributed by atoms with van der Waals surface area (Å²) in [6.45, 7) is 3.77. The van der Waals surface area contributed by atoms with Gasteiger partial charge in [0.1, 0.15) is 23.4 Å². The number of ketones is 1. The Morgan fingerprint density at radius 1 is 1.19 bits per heavy atom. The molecule has 0 aliphatic rings. The molecule has 0 aliphatic heterocycles. The fourth-order valence-corrected chi connectivity index (χ4v) is 3.25. The lowest BCUT2D eigenvalue weighted by molar-refractivity contribution is 0.104. The van der Waals surface area contributed by atoms with Crippen LogP contribution in [0.4, 0.5) is 5.69 Å². The zero-order chi connectivity index (χ0) is 19.1. The number of nitrogens with zero attached hydrogens (tertiary/aromatic N) is 3. The van der Waals surface area contributed by atoms with E-state index >= 15 is 0 Å². The normalized spacial score (nSPS) is 11.6. The Hall–Kier alpha value is -2.83. The van der Waals surface area contributed by atoms with Gasteiger partial charge in [-0.2, -0.15) is 5.10 Å². The highest BCUT2D eigenvalue weighted by atomic mass is 35.5. The van der Waals surface area contributed by atoms with Crippen molar-refractivity contribution in [3.63, 3.8) is 0 Å². The number of para-hydroxylation sites is 1. The molecule has 0 fully saturated rings. The van der Waals surface area contributed by atoms with Crippen molar-refractivity contribution in [2.45, 2.75) is 0 Å². The average Bonchev–Trinajstić information content (AvgIpc) is 3.21. The van der Waals surface area contributed by atoms with E-state index < -0.39 is 0 Å². The second kappa shape index (κ2) is 9.21. The topological polar surface area (TPSA) is 59.8 Å². The Morgan fingerprint density at radius 3 is 2.56 bits per heavy atom. The molecule has 1 aromatic heterocycles. The lowest BCUT2D eigenvalue weighted by Gasteiger charge is -2.16. The van der Waals surface area contributed by atoms with E-state index in [4.69, 9.17) is 11.6 Å². The lowest BCUT2D eigenvalue weighted by atomic mass is 10.1.